The molecule has 3 N–H and O–H groups in total. The zero-order valence-corrected chi connectivity index (χ0v) is 13.4. The third kappa shape index (κ3) is 3.64. The maximum atomic E-state index is 12.1. The van der Waals surface area contributed by atoms with Crippen molar-refractivity contribution in [2.24, 2.45) is 5.73 Å². The van der Waals surface area contributed by atoms with Gasteiger partial charge in [-0.05, 0) is 31.5 Å². The van der Waals surface area contributed by atoms with Crippen LogP contribution in [0.25, 0.3) is 10.9 Å². The lowest BCUT2D eigenvalue weighted by Crippen LogP contribution is -2.42. The van der Waals surface area contributed by atoms with Crippen LogP contribution in [0.15, 0.2) is 23.0 Å². The highest BCUT2D eigenvalue weighted by atomic mass is 35.5. The quantitative estimate of drug-likeness (QED) is 0.875. The Hall–Kier alpha value is -1.92. The van der Waals surface area contributed by atoms with Crippen LogP contribution < -0.4 is 11.3 Å². The van der Waals surface area contributed by atoms with E-state index in [1.54, 1.807) is 30.0 Å². The Kier molecular flexibility index (Phi) is 5.15. The van der Waals surface area contributed by atoms with Crippen LogP contribution in [0.2, 0.25) is 5.02 Å². The van der Waals surface area contributed by atoms with Gasteiger partial charge in [-0.1, -0.05) is 18.5 Å². The number of hydrogen-bond donors (Lipinski definition) is 2. The zero-order valence-electron chi connectivity index (χ0n) is 12.6. The average molecular weight is 323 g/mol. The number of amides is 1. The van der Waals surface area contributed by atoms with Gasteiger partial charge in [0.2, 0.25) is 5.91 Å². The van der Waals surface area contributed by atoms with Gasteiger partial charge in [0.15, 0.2) is 0 Å². The van der Waals surface area contributed by atoms with Crippen LogP contribution in [0.4, 0.5) is 0 Å². The highest BCUT2D eigenvalue weighted by molar-refractivity contribution is 6.31. The number of carbonyl (C=O) groups excluding carboxylic acids is 1. The molecule has 2 aromatic rings. The van der Waals surface area contributed by atoms with Crippen molar-refractivity contribution in [1.82, 2.24) is 14.9 Å². The highest BCUT2D eigenvalue weighted by Gasteiger charge is 2.18. The molecule has 0 radical (unpaired) electrons. The summed E-state index contributed by atoms with van der Waals surface area (Å²) in [6.45, 7) is 4.38. The average Bonchev–Trinajstić information content (AvgIpc) is 2.45. The van der Waals surface area contributed by atoms with E-state index >= 15 is 0 Å². The molecule has 1 aromatic heterocycles. The lowest BCUT2D eigenvalue weighted by atomic mass is 10.2. The number of rotatable bonds is 5. The molecule has 1 unspecified atom stereocenters. The van der Waals surface area contributed by atoms with Gasteiger partial charge in [-0.15, -0.1) is 0 Å². The van der Waals surface area contributed by atoms with Crippen molar-refractivity contribution in [3.63, 3.8) is 0 Å². The van der Waals surface area contributed by atoms with E-state index in [0.717, 1.165) is 6.42 Å². The third-order valence-electron chi connectivity index (χ3n) is 3.25. The summed E-state index contributed by atoms with van der Waals surface area (Å²) in [6, 6.07) is 4.31. The van der Waals surface area contributed by atoms with Crippen molar-refractivity contribution in [3.05, 3.63) is 39.4 Å². The van der Waals surface area contributed by atoms with Gasteiger partial charge in [-0.3, -0.25) is 9.59 Å². The van der Waals surface area contributed by atoms with E-state index in [0.29, 0.717) is 28.3 Å². The van der Waals surface area contributed by atoms with Crippen LogP contribution in [0, 0.1) is 0 Å². The number of nitrogens with zero attached hydrogens (tertiary/aromatic N) is 2. The fraction of sp³-hybridized carbons (Fsp3) is 0.400. The number of nitrogens with two attached hydrogens (primary N) is 1. The number of aromatic nitrogens is 2. The molecule has 1 amide bonds. The smallest absolute Gasteiger partial charge is 0.258 e. The van der Waals surface area contributed by atoms with Crippen molar-refractivity contribution >= 4 is 28.4 Å². The number of halogens is 1. The predicted molar refractivity (Wildman–Crippen MR) is 86.7 cm³/mol. The molecule has 0 spiro atoms. The minimum Gasteiger partial charge on any atom is -0.334 e. The molecule has 0 aliphatic carbocycles. The van der Waals surface area contributed by atoms with E-state index in [4.69, 9.17) is 17.3 Å². The highest BCUT2D eigenvalue weighted by Crippen LogP contribution is 2.15. The zero-order chi connectivity index (χ0) is 16.3. The number of benzene rings is 1. The summed E-state index contributed by atoms with van der Waals surface area (Å²) in [5.74, 6) is 0.248. The number of carbonyl (C=O) groups is 1. The van der Waals surface area contributed by atoms with Gasteiger partial charge in [0, 0.05) is 11.6 Å². The molecule has 0 fully saturated rings. The van der Waals surface area contributed by atoms with Crippen molar-refractivity contribution in [3.8, 4) is 0 Å². The second kappa shape index (κ2) is 6.89. The van der Waals surface area contributed by atoms with Gasteiger partial charge in [0.25, 0.3) is 5.56 Å². The molecule has 0 aliphatic rings. The number of hydrogen-bond acceptors (Lipinski definition) is 4. The van der Waals surface area contributed by atoms with Crippen molar-refractivity contribution < 1.29 is 4.79 Å². The van der Waals surface area contributed by atoms with E-state index in [1.165, 1.54) is 0 Å². The largest absolute Gasteiger partial charge is 0.334 e. The monoisotopic (exact) mass is 322 g/mol. The molecular weight excluding hydrogens is 304 g/mol. The maximum absolute atomic E-state index is 12.1. The number of H-pyrrole nitrogens is 1. The van der Waals surface area contributed by atoms with E-state index in [-0.39, 0.29) is 18.0 Å². The minimum atomic E-state index is -0.590. The maximum Gasteiger partial charge on any atom is 0.258 e. The summed E-state index contributed by atoms with van der Waals surface area (Å²) in [6.07, 6.45) is 0.794. The summed E-state index contributed by atoms with van der Waals surface area (Å²) in [4.78, 5) is 32.9. The first kappa shape index (κ1) is 16.5. The molecule has 1 heterocycles. The number of nitrogens with one attached hydrogen (secondary N) is 1. The normalized spacial score (nSPS) is 12.4. The Labute approximate surface area is 133 Å². The third-order valence-corrected chi connectivity index (χ3v) is 3.49. The Balaban J connectivity index is 2.37. The van der Waals surface area contributed by atoms with Gasteiger partial charge >= 0.3 is 0 Å². The lowest BCUT2D eigenvalue weighted by Gasteiger charge is -2.23. The fourth-order valence-electron chi connectivity index (χ4n) is 2.24. The summed E-state index contributed by atoms with van der Waals surface area (Å²) >= 11 is 5.94. The van der Waals surface area contributed by atoms with Gasteiger partial charge in [0.1, 0.15) is 5.82 Å². The first-order valence-electron chi connectivity index (χ1n) is 7.15. The van der Waals surface area contributed by atoms with E-state index in [1.807, 2.05) is 6.92 Å². The predicted octanol–water partition coefficient (Wildman–Crippen LogP) is 1.66. The number of fused-ring (bicyclic) bond motifs is 1. The molecule has 1 atom stereocenters. The minimum absolute atomic E-state index is 0.171. The first-order valence-corrected chi connectivity index (χ1v) is 7.53. The summed E-state index contributed by atoms with van der Waals surface area (Å²) in [5, 5.41) is 0.974. The van der Waals surface area contributed by atoms with Crippen LogP contribution in [-0.2, 0) is 11.3 Å². The second-order valence-electron chi connectivity index (χ2n) is 5.22. The standard InChI is InChI=1S/C15H19ClN4O2/c1-3-6-20(15(22)9(2)17)8-13-18-12-7-10(16)4-5-11(12)14(21)19-13/h4-5,7,9H,3,6,8,17H2,1-2H3,(H,18,19,21). The molecular formula is C15H19ClN4O2. The van der Waals surface area contributed by atoms with E-state index in [9.17, 15) is 9.59 Å². The fourth-order valence-corrected chi connectivity index (χ4v) is 2.41. The first-order chi connectivity index (χ1) is 10.4. The topological polar surface area (TPSA) is 92.1 Å². The Morgan fingerprint density at radius 1 is 1.50 bits per heavy atom. The molecule has 7 heteroatoms. The molecule has 0 bridgehead atoms. The molecule has 1 aromatic carbocycles. The molecule has 22 heavy (non-hydrogen) atoms. The van der Waals surface area contributed by atoms with Gasteiger partial charge in [-0.2, -0.15) is 0 Å². The van der Waals surface area contributed by atoms with Gasteiger partial charge < -0.3 is 15.6 Å². The Bertz CT molecular complexity index is 742. The van der Waals surface area contributed by atoms with Crippen LogP contribution >= 0.6 is 11.6 Å². The summed E-state index contributed by atoms with van der Waals surface area (Å²) in [5.41, 5.74) is 5.92. The summed E-state index contributed by atoms with van der Waals surface area (Å²) in [7, 11) is 0. The number of aromatic amines is 1. The van der Waals surface area contributed by atoms with E-state index in [2.05, 4.69) is 9.97 Å². The van der Waals surface area contributed by atoms with E-state index < -0.39 is 6.04 Å². The van der Waals surface area contributed by atoms with Crippen molar-refractivity contribution in [2.75, 3.05) is 6.54 Å². The molecule has 0 saturated carbocycles. The Morgan fingerprint density at radius 2 is 2.23 bits per heavy atom. The van der Waals surface area contributed by atoms with Crippen LogP contribution in [0.5, 0.6) is 0 Å². The molecule has 0 aliphatic heterocycles. The van der Waals surface area contributed by atoms with Crippen molar-refractivity contribution in [1.29, 1.82) is 0 Å². The lowest BCUT2D eigenvalue weighted by molar-refractivity contribution is -0.133. The van der Waals surface area contributed by atoms with Crippen LogP contribution in [-0.4, -0.2) is 33.4 Å². The summed E-state index contributed by atoms with van der Waals surface area (Å²) < 4.78 is 0. The second-order valence-corrected chi connectivity index (χ2v) is 5.66. The molecule has 2 rings (SSSR count). The van der Waals surface area contributed by atoms with Crippen LogP contribution in [0.3, 0.4) is 0 Å². The van der Waals surface area contributed by atoms with Gasteiger partial charge in [0.05, 0.1) is 23.5 Å². The molecule has 118 valence electrons. The SMILES string of the molecule is CCCN(Cc1nc2cc(Cl)ccc2c(=O)[nH]1)C(=O)C(C)N. The van der Waals surface area contributed by atoms with Crippen molar-refractivity contribution in [2.45, 2.75) is 32.9 Å². The Morgan fingerprint density at radius 3 is 2.86 bits per heavy atom. The molecule has 0 saturated heterocycles. The molecule has 6 nitrogen and oxygen atoms in total. The van der Waals surface area contributed by atoms with Gasteiger partial charge in [-0.25, -0.2) is 4.98 Å². The van der Waals surface area contributed by atoms with Crippen LogP contribution in [0.1, 0.15) is 26.1 Å².